The van der Waals surface area contributed by atoms with Crippen molar-refractivity contribution in [3.05, 3.63) is 117 Å². The van der Waals surface area contributed by atoms with Crippen molar-refractivity contribution in [3.63, 3.8) is 0 Å². The van der Waals surface area contributed by atoms with Crippen LogP contribution in [-0.4, -0.2) is 124 Å². The number of nitrogens with one attached hydrogen (secondary N) is 2. The molecule has 13 heteroatoms. The highest BCUT2D eigenvalue weighted by Crippen LogP contribution is 2.38. The van der Waals surface area contributed by atoms with E-state index in [0.29, 0.717) is 29.2 Å². The Morgan fingerprint density at radius 2 is 1.56 bits per heavy atom. The van der Waals surface area contributed by atoms with Crippen molar-refractivity contribution in [3.8, 4) is 0 Å². The lowest BCUT2D eigenvalue weighted by Crippen LogP contribution is -2.41. The molecule has 314 valence electrons. The van der Waals surface area contributed by atoms with Crippen molar-refractivity contribution in [2.75, 3.05) is 90.4 Å². The molecule has 2 saturated heterocycles. The summed E-state index contributed by atoms with van der Waals surface area (Å²) in [7, 11) is 3.68. The number of benzene rings is 3. The minimum absolute atomic E-state index is 0.0488. The Balaban J connectivity index is 0.000000246. The number of carbonyl (C=O) groups is 4. The van der Waals surface area contributed by atoms with Crippen LogP contribution in [0.25, 0.3) is 0 Å². The Hall–Kier alpha value is -4.92. The van der Waals surface area contributed by atoms with Crippen LogP contribution >= 0.6 is 11.3 Å². The molecule has 0 atom stereocenters. The monoisotopic (exact) mass is 823 g/mol. The largest absolute Gasteiger partial charge is 0.478 e. The van der Waals surface area contributed by atoms with Gasteiger partial charge in [-0.15, -0.1) is 11.3 Å². The molecule has 3 aromatic carbocycles. The molecule has 59 heavy (non-hydrogen) atoms. The predicted octanol–water partition coefficient (Wildman–Crippen LogP) is 6.60. The van der Waals surface area contributed by atoms with Crippen molar-refractivity contribution in [2.24, 2.45) is 5.92 Å². The van der Waals surface area contributed by atoms with Gasteiger partial charge in [-0.1, -0.05) is 36.4 Å². The molecule has 0 aliphatic carbocycles. The summed E-state index contributed by atoms with van der Waals surface area (Å²) in [6.07, 6.45) is 6.72. The Morgan fingerprint density at radius 1 is 0.881 bits per heavy atom. The SMILES string of the molecule is CN(CCN1CCOCC1)C(=O)c1cccc(C=O)c1.CNc1sc2c(c1C(=O)Nc1ccc(CCCc3ccc(C(=O)O)cc3)cc1)CCN(CC1CCOCC1)C2. The number of anilines is 2. The highest BCUT2D eigenvalue weighted by Gasteiger charge is 2.29. The van der Waals surface area contributed by atoms with Gasteiger partial charge in [0.1, 0.15) is 11.3 Å². The van der Waals surface area contributed by atoms with Gasteiger partial charge in [-0.3, -0.25) is 24.2 Å². The zero-order chi connectivity index (χ0) is 41.6. The van der Waals surface area contributed by atoms with Crippen molar-refractivity contribution in [1.82, 2.24) is 14.7 Å². The molecule has 2 amide bonds. The van der Waals surface area contributed by atoms with E-state index in [1.54, 1.807) is 59.7 Å². The van der Waals surface area contributed by atoms with Gasteiger partial charge >= 0.3 is 5.97 Å². The standard InChI is InChI=1S/C31H37N3O4S.C15H20N2O3/c1-32-30-28(26-13-16-34(20-27(26)39-30)19-23-14-17-38-18-15-23)29(35)33-25-11-7-22(8-12-25)4-2-3-21-5-9-24(10-6-21)31(36)37;1-16(5-6-17-7-9-20-10-8-17)15(19)14-4-2-3-13(11-14)12-18/h5-12,23,32H,2-4,13-20H2,1H3,(H,33,35)(H,36,37);2-4,11-12H,5-10H2,1H3. The van der Waals surface area contributed by atoms with Gasteiger partial charge < -0.3 is 30.1 Å². The summed E-state index contributed by atoms with van der Waals surface area (Å²) < 4.78 is 10.8. The maximum Gasteiger partial charge on any atom is 0.335 e. The minimum atomic E-state index is -0.900. The van der Waals surface area contributed by atoms with Gasteiger partial charge in [0, 0.05) is 94.8 Å². The number of hydrogen-bond donors (Lipinski definition) is 3. The molecular formula is C46H57N5O7S. The first-order valence-corrected chi connectivity index (χ1v) is 21.5. The highest BCUT2D eigenvalue weighted by molar-refractivity contribution is 7.16. The molecule has 7 rings (SSSR count). The number of ether oxygens (including phenoxy) is 2. The van der Waals surface area contributed by atoms with E-state index in [4.69, 9.17) is 14.6 Å². The minimum Gasteiger partial charge on any atom is -0.478 e. The lowest BCUT2D eigenvalue weighted by atomic mass is 9.97. The zero-order valence-corrected chi connectivity index (χ0v) is 35.1. The van der Waals surface area contributed by atoms with Gasteiger partial charge in [-0.25, -0.2) is 4.79 Å². The number of carboxylic acids is 1. The fourth-order valence-electron chi connectivity index (χ4n) is 7.76. The number of morpholine rings is 1. The number of amides is 2. The van der Waals surface area contributed by atoms with E-state index in [-0.39, 0.29) is 11.8 Å². The Morgan fingerprint density at radius 3 is 2.22 bits per heavy atom. The number of aldehydes is 1. The smallest absolute Gasteiger partial charge is 0.335 e. The van der Waals surface area contributed by atoms with Crippen molar-refractivity contribution in [2.45, 2.75) is 45.1 Å². The molecular weight excluding hydrogens is 767 g/mol. The van der Waals surface area contributed by atoms with Gasteiger partial charge in [0.25, 0.3) is 11.8 Å². The first-order chi connectivity index (χ1) is 28.7. The highest BCUT2D eigenvalue weighted by atomic mass is 32.1. The molecule has 0 radical (unpaired) electrons. The van der Waals surface area contributed by atoms with Crippen LogP contribution in [0.3, 0.4) is 0 Å². The third kappa shape index (κ3) is 12.5. The number of aromatic carboxylic acids is 1. The van der Waals surface area contributed by atoms with Gasteiger partial charge in [-0.05, 0) is 97.5 Å². The molecule has 3 aliphatic heterocycles. The van der Waals surface area contributed by atoms with E-state index in [2.05, 4.69) is 32.6 Å². The number of thiophene rings is 1. The van der Waals surface area contributed by atoms with Gasteiger partial charge in [0.15, 0.2) is 0 Å². The summed E-state index contributed by atoms with van der Waals surface area (Å²) in [5, 5.41) is 16.4. The first-order valence-electron chi connectivity index (χ1n) is 20.7. The maximum atomic E-state index is 13.4. The van der Waals surface area contributed by atoms with Crippen LogP contribution in [0.1, 0.15) is 82.3 Å². The number of aryl methyl sites for hydroxylation is 2. The summed E-state index contributed by atoms with van der Waals surface area (Å²) in [4.78, 5) is 55.2. The Labute approximate surface area is 351 Å². The van der Waals surface area contributed by atoms with Crippen molar-refractivity contribution >= 4 is 46.1 Å². The van der Waals surface area contributed by atoms with Gasteiger partial charge in [0.2, 0.25) is 0 Å². The van der Waals surface area contributed by atoms with E-state index in [9.17, 15) is 19.2 Å². The molecule has 4 aromatic rings. The molecule has 0 saturated carbocycles. The first kappa shape index (κ1) is 43.7. The summed E-state index contributed by atoms with van der Waals surface area (Å²) in [5.74, 6) is -0.295. The quantitative estimate of drug-likeness (QED) is 0.112. The third-order valence-electron chi connectivity index (χ3n) is 11.3. The lowest BCUT2D eigenvalue weighted by molar-refractivity contribution is 0.0338. The number of rotatable bonds is 15. The van der Waals surface area contributed by atoms with Crippen LogP contribution in [-0.2, 0) is 35.3 Å². The lowest BCUT2D eigenvalue weighted by Gasteiger charge is -2.32. The van der Waals surface area contributed by atoms with E-state index in [1.807, 2.05) is 31.3 Å². The topological polar surface area (TPSA) is 141 Å². The summed E-state index contributed by atoms with van der Waals surface area (Å²) in [5.41, 5.74) is 6.52. The molecule has 2 fully saturated rings. The average molecular weight is 824 g/mol. The normalized spacial score (nSPS) is 16.0. The number of carbonyl (C=O) groups excluding carboxylic acids is 3. The number of carboxylic acid groups (broad SMARTS) is 1. The fraction of sp³-hybridized carbons (Fsp3) is 0.435. The fourth-order valence-corrected chi connectivity index (χ4v) is 9.01. The van der Waals surface area contributed by atoms with Gasteiger partial charge in [0.05, 0.1) is 24.3 Å². The average Bonchev–Trinajstić information content (AvgIpc) is 3.65. The van der Waals surface area contributed by atoms with E-state index >= 15 is 0 Å². The number of fused-ring (bicyclic) bond motifs is 1. The van der Waals surface area contributed by atoms with Crippen LogP contribution < -0.4 is 10.6 Å². The molecule has 3 N–H and O–H groups in total. The molecule has 12 nitrogen and oxygen atoms in total. The third-order valence-corrected chi connectivity index (χ3v) is 12.5. The number of nitrogens with zero attached hydrogens (tertiary/aromatic N) is 3. The maximum absolute atomic E-state index is 13.4. The Bertz CT molecular complexity index is 2010. The second kappa shape index (κ2) is 21.9. The Kier molecular flexibility index (Phi) is 16.2. The second-order valence-electron chi connectivity index (χ2n) is 15.4. The zero-order valence-electron chi connectivity index (χ0n) is 34.3. The molecule has 1 aromatic heterocycles. The van der Waals surface area contributed by atoms with Crippen LogP contribution in [0.15, 0.2) is 72.8 Å². The summed E-state index contributed by atoms with van der Waals surface area (Å²) in [6.45, 7) is 9.65. The molecule has 3 aliphatic rings. The molecule has 0 bridgehead atoms. The molecule has 0 spiro atoms. The van der Waals surface area contributed by atoms with Crippen molar-refractivity contribution < 1.29 is 33.8 Å². The summed E-state index contributed by atoms with van der Waals surface area (Å²) in [6, 6.07) is 21.9. The second-order valence-corrected chi connectivity index (χ2v) is 16.5. The van der Waals surface area contributed by atoms with Crippen LogP contribution in [0.2, 0.25) is 0 Å². The van der Waals surface area contributed by atoms with Crippen LogP contribution in [0.5, 0.6) is 0 Å². The van der Waals surface area contributed by atoms with E-state index in [1.165, 1.54) is 16.0 Å². The molecule has 4 heterocycles. The summed E-state index contributed by atoms with van der Waals surface area (Å²) >= 11 is 1.71. The van der Waals surface area contributed by atoms with Crippen LogP contribution in [0.4, 0.5) is 10.7 Å². The predicted molar refractivity (Wildman–Crippen MR) is 232 cm³/mol. The van der Waals surface area contributed by atoms with Crippen LogP contribution in [0, 0.1) is 5.92 Å². The molecule has 0 unspecified atom stereocenters. The number of hydrogen-bond acceptors (Lipinski definition) is 10. The van der Waals surface area contributed by atoms with E-state index in [0.717, 1.165) is 132 Å². The number of likely N-dealkylation sites (N-methyl/N-ethyl adjacent to an activating group) is 1. The van der Waals surface area contributed by atoms with E-state index < -0.39 is 5.97 Å². The van der Waals surface area contributed by atoms with Crippen molar-refractivity contribution in [1.29, 1.82) is 0 Å². The van der Waals surface area contributed by atoms with Gasteiger partial charge in [-0.2, -0.15) is 0 Å².